The highest BCUT2D eigenvalue weighted by molar-refractivity contribution is 5.96. The minimum atomic E-state index is -0.683. The van der Waals surface area contributed by atoms with E-state index in [2.05, 4.69) is 10.6 Å². The van der Waals surface area contributed by atoms with Gasteiger partial charge in [0.15, 0.2) is 6.61 Å². The fourth-order valence-electron chi connectivity index (χ4n) is 3.39. The highest BCUT2D eigenvalue weighted by Gasteiger charge is 2.39. The fraction of sp³-hybridized carbons (Fsp3) is 0.778. The molecule has 26 heavy (non-hydrogen) atoms. The number of nitrogens with one attached hydrogen (secondary N) is 2. The van der Waals surface area contributed by atoms with Crippen molar-refractivity contribution in [3.05, 3.63) is 0 Å². The van der Waals surface area contributed by atoms with Gasteiger partial charge in [-0.2, -0.15) is 0 Å². The maximum Gasteiger partial charge on any atom is 0.321 e. The minimum absolute atomic E-state index is 0.0205. The second-order valence-corrected chi connectivity index (χ2v) is 7.48. The summed E-state index contributed by atoms with van der Waals surface area (Å²) in [6, 6.07) is -0.367. The van der Waals surface area contributed by atoms with Gasteiger partial charge in [-0.3, -0.25) is 19.7 Å². The lowest BCUT2D eigenvalue weighted by Crippen LogP contribution is -2.42. The van der Waals surface area contributed by atoms with Crippen LogP contribution in [-0.2, 0) is 19.1 Å². The van der Waals surface area contributed by atoms with Gasteiger partial charge in [-0.15, -0.1) is 0 Å². The lowest BCUT2D eigenvalue weighted by atomic mass is 10.1. The summed E-state index contributed by atoms with van der Waals surface area (Å²) >= 11 is 0. The highest BCUT2D eigenvalue weighted by Crippen LogP contribution is 2.29. The summed E-state index contributed by atoms with van der Waals surface area (Å²) in [5.74, 6) is -1.35. The van der Waals surface area contributed by atoms with Crippen LogP contribution in [0.1, 0.15) is 52.4 Å². The zero-order valence-corrected chi connectivity index (χ0v) is 15.6. The first kappa shape index (κ1) is 20.2. The molecule has 2 aliphatic rings. The largest absolute Gasteiger partial charge is 0.455 e. The number of rotatable bonds is 7. The molecule has 1 atom stereocenters. The van der Waals surface area contributed by atoms with Gasteiger partial charge in [0.25, 0.3) is 5.91 Å². The summed E-state index contributed by atoms with van der Waals surface area (Å²) in [6.45, 7) is 4.37. The number of urea groups is 1. The number of carbonyl (C=O) groups is 4. The quantitative estimate of drug-likeness (QED) is 0.658. The Morgan fingerprint density at radius 2 is 1.92 bits per heavy atom. The van der Waals surface area contributed by atoms with Crippen molar-refractivity contribution in [3.63, 3.8) is 0 Å². The van der Waals surface area contributed by atoms with Gasteiger partial charge < -0.3 is 15.0 Å². The van der Waals surface area contributed by atoms with Crippen LogP contribution in [0, 0.1) is 11.8 Å². The predicted octanol–water partition coefficient (Wildman–Crippen LogP) is 1.19. The molecule has 4 amide bonds. The van der Waals surface area contributed by atoms with E-state index in [0.717, 1.165) is 32.1 Å². The molecule has 1 heterocycles. The number of ether oxygens (including phenoxy) is 1. The van der Waals surface area contributed by atoms with E-state index in [1.54, 1.807) is 4.90 Å². The van der Waals surface area contributed by atoms with Crippen LogP contribution in [0.3, 0.4) is 0 Å². The Morgan fingerprint density at radius 1 is 1.23 bits per heavy atom. The summed E-state index contributed by atoms with van der Waals surface area (Å²) in [7, 11) is 0. The Bertz CT molecular complexity index is 543. The van der Waals surface area contributed by atoms with Gasteiger partial charge in [-0.1, -0.05) is 26.7 Å². The van der Waals surface area contributed by atoms with E-state index >= 15 is 0 Å². The van der Waals surface area contributed by atoms with Crippen molar-refractivity contribution in [2.24, 2.45) is 11.8 Å². The molecule has 0 bridgehead atoms. The van der Waals surface area contributed by atoms with E-state index in [9.17, 15) is 19.2 Å². The average molecular weight is 367 g/mol. The van der Waals surface area contributed by atoms with E-state index in [1.165, 1.54) is 0 Å². The molecule has 2 N–H and O–H groups in total. The molecule has 1 aliphatic heterocycles. The van der Waals surface area contributed by atoms with Crippen LogP contribution in [0.2, 0.25) is 0 Å². The fourth-order valence-corrected chi connectivity index (χ4v) is 3.39. The number of hydrogen-bond acceptors (Lipinski definition) is 5. The molecular formula is C18H29N3O5. The molecule has 0 spiro atoms. The van der Waals surface area contributed by atoms with Gasteiger partial charge >= 0.3 is 12.0 Å². The van der Waals surface area contributed by atoms with Crippen LogP contribution in [0.15, 0.2) is 0 Å². The van der Waals surface area contributed by atoms with E-state index in [4.69, 9.17) is 4.74 Å². The first-order valence-corrected chi connectivity index (χ1v) is 9.40. The van der Waals surface area contributed by atoms with Crippen molar-refractivity contribution in [3.8, 4) is 0 Å². The van der Waals surface area contributed by atoms with Gasteiger partial charge in [0.2, 0.25) is 5.91 Å². The standard InChI is InChI=1S/C18H29N3O5/c1-12(2)7-8-19-18(25)20-15(22)11-26-17(24)13-9-16(23)21(10-13)14-5-3-4-6-14/h12-14H,3-11H2,1-2H3,(H2,19,20,22,25)/t13-/m0/s1. The molecular weight excluding hydrogens is 338 g/mol. The van der Waals surface area contributed by atoms with E-state index in [0.29, 0.717) is 19.0 Å². The molecule has 1 saturated heterocycles. The number of hydrogen-bond donors (Lipinski definition) is 2. The van der Waals surface area contributed by atoms with Crippen molar-refractivity contribution in [1.82, 2.24) is 15.5 Å². The lowest BCUT2D eigenvalue weighted by molar-refractivity contribution is -0.152. The molecule has 0 aromatic heterocycles. The zero-order chi connectivity index (χ0) is 19.1. The third kappa shape index (κ3) is 6.00. The van der Waals surface area contributed by atoms with Crippen molar-refractivity contribution in [1.29, 1.82) is 0 Å². The van der Waals surface area contributed by atoms with Crippen molar-refractivity contribution in [2.75, 3.05) is 19.7 Å². The third-order valence-electron chi connectivity index (χ3n) is 4.86. The first-order valence-electron chi connectivity index (χ1n) is 9.40. The monoisotopic (exact) mass is 367 g/mol. The Hall–Kier alpha value is -2.12. The normalized spacial score (nSPS) is 20.5. The average Bonchev–Trinajstić information content (AvgIpc) is 3.21. The number of amides is 4. The Morgan fingerprint density at radius 3 is 2.58 bits per heavy atom. The van der Waals surface area contributed by atoms with Gasteiger partial charge in [0.1, 0.15) is 0 Å². The smallest absolute Gasteiger partial charge is 0.321 e. The summed E-state index contributed by atoms with van der Waals surface area (Å²) in [4.78, 5) is 49.2. The number of likely N-dealkylation sites (tertiary alicyclic amines) is 1. The van der Waals surface area contributed by atoms with Crippen LogP contribution in [0.25, 0.3) is 0 Å². The van der Waals surface area contributed by atoms with Crippen LogP contribution in [0.4, 0.5) is 4.79 Å². The molecule has 8 heteroatoms. The van der Waals surface area contributed by atoms with E-state index < -0.39 is 30.4 Å². The number of esters is 1. The van der Waals surface area contributed by atoms with E-state index in [-0.39, 0.29) is 18.4 Å². The molecule has 0 radical (unpaired) electrons. The highest BCUT2D eigenvalue weighted by atomic mass is 16.5. The Balaban J connectivity index is 1.67. The molecule has 146 valence electrons. The summed E-state index contributed by atoms with van der Waals surface area (Å²) in [5.41, 5.74) is 0. The van der Waals surface area contributed by atoms with Crippen molar-refractivity contribution in [2.45, 2.75) is 58.4 Å². The molecule has 1 saturated carbocycles. The van der Waals surface area contributed by atoms with Crippen molar-refractivity contribution >= 4 is 23.8 Å². The SMILES string of the molecule is CC(C)CCNC(=O)NC(=O)COC(=O)[C@H]1CC(=O)N(C2CCCC2)C1. The van der Waals surface area contributed by atoms with Gasteiger partial charge in [0, 0.05) is 25.6 Å². The molecule has 1 aliphatic carbocycles. The molecule has 0 unspecified atom stereocenters. The summed E-state index contributed by atoms with van der Waals surface area (Å²) < 4.78 is 4.98. The zero-order valence-electron chi connectivity index (χ0n) is 15.6. The second-order valence-electron chi connectivity index (χ2n) is 7.48. The predicted molar refractivity (Wildman–Crippen MR) is 94.0 cm³/mol. The lowest BCUT2D eigenvalue weighted by Gasteiger charge is -2.23. The number of imide groups is 1. The van der Waals surface area contributed by atoms with Crippen molar-refractivity contribution < 1.29 is 23.9 Å². The van der Waals surface area contributed by atoms with Gasteiger partial charge in [-0.05, 0) is 25.2 Å². The van der Waals surface area contributed by atoms with Crippen LogP contribution >= 0.6 is 0 Å². The third-order valence-corrected chi connectivity index (χ3v) is 4.86. The van der Waals surface area contributed by atoms with Crippen LogP contribution < -0.4 is 10.6 Å². The van der Waals surface area contributed by atoms with Gasteiger partial charge in [-0.25, -0.2) is 4.79 Å². The number of nitrogens with zero attached hydrogens (tertiary/aromatic N) is 1. The minimum Gasteiger partial charge on any atom is -0.455 e. The maximum absolute atomic E-state index is 12.1. The maximum atomic E-state index is 12.1. The van der Waals surface area contributed by atoms with Crippen LogP contribution in [0.5, 0.6) is 0 Å². The molecule has 2 fully saturated rings. The molecule has 0 aromatic rings. The Labute approximate surface area is 154 Å². The van der Waals surface area contributed by atoms with Gasteiger partial charge in [0.05, 0.1) is 5.92 Å². The first-order chi connectivity index (χ1) is 12.4. The molecule has 8 nitrogen and oxygen atoms in total. The Kier molecular flexibility index (Phi) is 7.41. The molecule has 2 rings (SSSR count). The summed E-state index contributed by atoms with van der Waals surface area (Å²) in [6.07, 6.45) is 5.14. The summed E-state index contributed by atoms with van der Waals surface area (Å²) in [5, 5.41) is 4.69. The second kappa shape index (κ2) is 9.54. The van der Waals surface area contributed by atoms with Crippen LogP contribution in [-0.4, -0.2) is 54.5 Å². The topological polar surface area (TPSA) is 105 Å². The molecule has 0 aromatic carbocycles. The van der Waals surface area contributed by atoms with E-state index in [1.807, 2.05) is 13.8 Å². The number of carbonyl (C=O) groups excluding carboxylic acids is 4.